The normalized spacial score (nSPS) is 29.9. The summed E-state index contributed by atoms with van der Waals surface area (Å²) in [6, 6.07) is 3.55. The number of rotatable bonds is 2. The fraction of sp³-hybridized carbons (Fsp3) is 0.917. The lowest BCUT2D eigenvalue weighted by Crippen LogP contribution is -2.55. The number of piperazine rings is 1. The zero-order valence-electron chi connectivity index (χ0n) is 9.41. The van der Waals surface area contributed by atoms with Crippen LogP contribution < -0.4 is 5.32 Å². The van der Waals surface area contributed by atoms with Crippen LogP contribution in [0.1, 0.15) is 38.5 Å². The quantitative estimate of drug-likeness (QED) is 0.746. The van der Waals surface area contributed by atoms with Gasteiger partial charge in [-0.3, -0.25) is 4.90 Å². The molecule has 1 unspecified atom stereocenters. The minimum atomic E-state index is 0.465. The fourth-order valence-electron chi connectivity index (χ4n) is 2.96. The van der Waals surface area contributed by atoms with E-state index in [1.54, 1.807) is 0 Å². The van der Waals surface area contributed by atoms with Gasteiger partial charge >= 0.3 is 0 Å². The van der Waals surface area contributed by atoms with E-state index >= 15 is 0 Å². The monoisotopic (exact) mass is 207 g/mol. The zero-order valence-corrected chi connectivity index (χ0v) is 9.41. The predicted molar refractivity (Wildman–Crippen MR) is 60.5 cm³/mol. The van der Waals surface area contributed by atoms with Crippen LogP contribution in [0, 0.1) is 11.3 Å². The number of hydrogen-bond donors (Lipinski definition) is 1. The van der Waals surface area contributed by atoms with Gasteiger partial charge in [0.2, 0.25) is 0 Å². The maximum Gasteiger partial charge on any atom is 0.0638 e. The van der Waals surface area contributed by atoms with E-state index in [1.807, 2.05) is 0 Å². The molecular formula is C12H21N3. The highest BCUT2D eigenvalue weighted by Gasteiger charge is 2.29. The van der Waals surface area contributed by atoms with Gasteiger partial charge in [-0.05, 0) is 12.8 Å². The van der Waals surface area contributed by atoms with Crippen LogP contribution in [0.3, 0.4) is 0 Å². The molecule has 1 saturated carbocycles. The molecule has 0 aromatic heterocycles. The van der Waals surface area contributed by atoms with E-state index in [2.05, 4.69) is 16.3 Å². The van der Waals surface area contributed by atoms with Gasteiger partial charge in [0.05, 0.1) is 12.5 Å². The number of nitrogens with zero attached hydrogens (tertiary/aromatic N) is 2. The highest BCUT2D eigenvalue weighted by Crippen LogP contribution is 2.25. The van der Waals surface area contributed by atoms with Crippen molar-refractivity contribution in [1.29, 1.82) is 5.26 Å². The van der Waals surface area contributed by atoms with Crippen molar-refractivity contribution in [1.82, 2.24) is 10.2 Å². The lowest BCUT2D eigenvalue weighted by molar-refractivity contribution is 0.0843. The van der Waals surface area contributed by atoms with Gasteiger partial charge in [-0.15, -0.1) is 0 Å². The van der Waals surface area contributed by atoms with Gasteiger partial charge in [-0.1, -0.05) is 19.3 Å². The lowest BCUT2D eigenvalue weighted by Gasteiger charge is -2.42. The summed E-state index contributed by atoms with van der Waals surface area (Å²) >= 11 is 0. The molecule has 1 atom stereocenters. The van der Waals surface area contributed by atoms with Gasteiger partial charge in [0.25, 0.3) is 0 Å². The molecule has 15 heavy (non-hydrogen) atoms. The first-order chi connectivity index (χ1) is 7.42. The van der Waals surface area contributed by atoms with Crippen LogP contribution in [0.15, 0.2) is 0 Å². The SMILES string of the molecule is N#CCC1CNCCN1C1CCCCC1. The molecule has 2 rings (SSSR count). The summed E-state index contributed by atoms with van der Waals surface area (Å²) in [5, 5.41) is 12.2. The molecule has 0 bridgehead atoms. The summed E-state index contributed by atoms with van der Waals surface area (Å²) in [5.41, 5.74) is 0. The molecule has 2 fully saturated rings. The third kappa shape index (κ3) is 2.70. The Bertz CT molecular complexity index is 228. The summed E-state index contributed by atoms with van der Waals surface area (Å²) < 4.78 is 0. The molecule has 0 aromatic rings. The van der Waals surface area contributed by atoms with Gasteiger partial charge in [0.1, 0.15) is 0 Å². The van der Waals surface area contributed by atoms with Crippen LogP contribution in [-0.2, 0) is 0 Å². The van der Waals surface area contributed by atoms with E-state index in [9.17, 15) is 0 Å². The third-order valence-electron chi connectivity index (χ3n) is 3.77. The van der Waals surface area contributed by atoms with Crippen molar-refractivity contribution in [2.45, 2.75) is 50.6 Å². The van der Waals surface area contributed by atoms with Crippen molar-refractivity contribution in [2.75, 3.05) is 19.6 Å². The first-order valence-electron chi connectivity index (χ1n) is 6.25. The van der Waals surface area contributed by atoms with Gasteiger partial charge in [-0.2, -0.15) is 5.26 Å². The molecule has 3 nitrogen and oxygen atoms in total. The number of nitriles is 1. The largest absolute Gasteiger partial charge is 0.314 e. The lowest BCUT2D eigenvalue weighted by atomic mass is 9.92. The fourth-order valence-corrected chi connectivity index (χ4v) is 2.96. The number of hydrogen-bond acceptors (Lipinski definition) is 3. The van der Waals surface area contributed by atoms with Crippen LogP contribution >= 0.6 is 0 Å². The van der Waals surface area contributed by atoms with Crippen LogP contribution in [0.4, 0.5) is 0 Å². The topological polar surface area (TPSA) is 39.1 Å². The van der Waals surface area contributed by atoms with Crippen LogP contribution in [0.2, 0.25) is 0 Å². The van der Waals surface area contributed by atoms with E-state index in [0.717, 1.165) is 25.7 Å². The minimum Gasteiger partial charge on any atom is -0.314 e. The molecule has 1 saturated heterocycles. The van der Waals surface area contributed by atoms with Crippen LogP contribution in [0.5, 0.6) is 0 Å². The number of nitrogens with one attached hydrogen (secondary N) is 1. The van der Waals surface area contributed by atoms with Crippen molar-refractivity contribution < 1.29 is 0 Å². The average Bonchev–Trinajstić information content (AvgIpc) is 2.31. The highest BCUT2D eigenvalue weighted by atomic mass is 15.2. The molecule has 1 aliphatic heterocycles. The molecule has 0 radical (unpaired) electrons. The molecule has 0 spiro atoms. The van der Waals surface area contributed by atoms with E-state index in [4.69, 9.17) is 5.26 Å². The second kappa shape index (κ2) is 5.48. The van der Waals surface area contributed by atoms with Crippen molar-refractivity contribution in [3.05, 3.63) is 0 Å². The molecule has 2 aliphatic rings. The molecule has 0 amide bonds. The van der Waals surface area contributed by atoms with Gasteiger partial charge < -0.3 is 5.32 Å². The Labute approximate surface area is 92.4 Å². The maximum atomic E-state index is 8.83. The first kappa shape index (κ1) is 10.9. The van der Waals surface area contributed by atoms with Crippen molar-refractivity contribution in [3.8, 4) is 6.07 Å². The smallest absolute Gasteiger partial charge is 0.0638 e. The van der Waals surface area contributed by atoms with Gasteiger partial charge in [0, 0.05) is 31.7 Å². The average molecular weight is 207 g/mol. The second-order valence-corrected chi connectivity index (χ2v) is 4.75. The van der Waals surface area contributed by atoms with E-state index in [0.29, 0.717) is 12.5 Å². The Balaban J connectivity index is 1.93. The first-order valence-corrected chi connectivity index (χ1v) is 6.25. The maximum absolute atomic E-state index is 8.83. The molecule has 1 N–H and O–H groups in total. The highest BCUT2D eigenvalue weighted by molar-refractivity contribution is 4.91. The third-order valence-corrected chi connectivity index (χ3v) is 3.77. The van der Waals surface area contributed by atoms with Crippen molar-refractivity contribution in [2.24, 2.45) is 0 Å². The van der Waals surface area contributed by atoms with Crippen molar-refractivity contribution in [3.63, 3.8) is 0 Å². The summed E-state index contributed by atoms with van der Waals surface area (Å²) in [6.45, 7) is 3.24. The molecular weight excluding hydrogens is 186 g/mol. The molecule has 1 aliphatic carbocycles. The molecule has 1 heterocycles. The zero-order chi connectivity index (χ0) is 10.5. The Kier molecular flexibility index (Phi) is 3.99. The summed E-state index contributed by atoms with van der Waals surface area (Å²) in [7, 11) is 0. The Hall–Kier alpha value is -0.590. The molecule has 3 heteroatoms. The van der Waals surface area contributed by atoms with E-state index in [-0.39, 0.29) is 0 Å². The second-order valence-electron chi connectivity index (χ2n) is 4.75. The summed E-state index contributed by atoms with van der Waals surface area (Å²) in [6.07, 6.45) is 7.56. The van der Waals surface area contributed by atoms with Crippen LogP contribution in [0.25, 0.3) is 0 Å². The van der Waals surface area contributed by atoms with Crippen molar-refractivity contribution >= 4 is 0 Å². The Morgan fingerprint density at radius 1 is 1.27 bits per heavy atom. The molecule has 0 aromatic carbocycles. The molecule has 84 valence electrons. The minimum absolute atomic E-state index is 0.465. The summed E-state index contributed by atoms with van der Waals surface area (Å²) in [4.78, 5) is 2.60. The van der Waals surface area contributed by atoms with Crippen LogP contribution in [-0.4, -0.2) is 36.6 Å². The van der Waals surface area contributed by atoms with E-state index in [1.165, 1.54) is 32.1 Å². The van der Waals surface area contributed by atoms with Gasteiger partial charge in [0.15, 0.2) is 0 Å². The van der Waals surface area contributed by atoms with Gasteiger partial charge in [-0.25, -0.2) is 0 Å². The Morgan fingerprint density at radius 3 is 2.80 bits per heavy atom. The summed E-state index contributed by atoms with van der Waals surface area (Å²) in [5.74, 6) is 0. The van der Waals surface area contributed by atoms with E-state index < -0.39 is 0 Å². The Morgan fingerprint density at radius 2 is 2.07 bits per heavy atom. The standard InChI is InChI=1S/C12H21N3/c13-7-6-12-10-14-8-9-15(12)11-4-2-1-3-5-11/h11-12,14H,1-6,8-10H2. The predicted octanol–water partition coefficient (Wildman–Crippen LogP) is 1.51.